The Hall–Kier alpha value is -2.90. The number of rotatable bonds is 7. The Labute approximate surface area is 121 Å². The summed E-state index contributed by atoms with van der Waals surface area (Å²) in [5.74, 6) is 1.07. The van der Waals surface area contributed by atoms with Crippen LogP contribution < -0.4 is 15.4 Å². The highest BCUT2D eigenvalue weighted by Crippen LogP contribution is 2.27. The largest absolute Gasteiger partial charge is 0.492 e. The normalized spacial score (nSPS) is 9.95. The van der Waals surface area contributed by atoms with Gasteiger partial charge in [0.15, 0.2) is 0 Å². The number of hydrogen-bond acceptors (Lipinski definition) is 7. The number of hydrogen-bond donors (Lipinski definition) is 2. The third-order valence-corrected chi connectivity index (χ3v) is 2.65. The van der Waals surface area contributed by atoms with E-state index in [4.69, 9.17) is 4.74 Å². The van der Waals surface area contributed by atoms with Crippen molar-refractivity contribution in [2.45, 2.75) is 0 Å². The second-order valence-electron chi connectivity index (χ2n) is 4.01. The molecule has 1 aromatic heterocycles. The zero-order valence-corrected chi connectivity index (χ0v) is 11.4. The molecule has 0 saturated carbocycles. The summed E-state index contributed by atoms with van der Waals surface area (Å²) in [6, 6.07) is 9.32. The van der Waals surface area contributed by atoms with Gasteiger partial charge in [0.05, 0.1) is 11.5 Å². The van der Waals surface area contributed by atoms with Crippen LogP contribution in [0.25, 0.3) is 0 Å². The zero-order valence-electron chi connectivity index (χ0n) is 11.4. The van der Waals surface area contributed by atoms with Gasteiger partial charge in [-0.05, 0) is 12.1 Å². The molecule has 1 heterocycles. The molecule has 0 saturated heterocycles. The number of nitro groups is 1. The molecule has 21 heavy (non-hydrogen) atoms. The summed E-state index contributed by atoms with van der Waals surface area (Å²) in [7, 11) is 1.57. The first-order chi connectivity index (χ1) is 10.2. The molecule has 2 aromatic rings. The first kappa shape index (κ1) is 14.5. The first-order valence-electron chi connectivity index (χ1n) is 6.31. The van der Waals surface area contributed by atoms with Gasteiger partial charge >= 0.3 is 5.69 Å². The Morgan fingerprint density at radius 3 is 2.62 bits per heavy atom. The fourth-order valence-electron chi connectivity index (χ4n) is 1.72. The van der Waals surface area contributed by atoms with Gasteiger partial charge in [0.1, 0.15) is 18.7 Å². The predicted octanol–water partition coefficient (Wildman–Crippen LogP) is 1.92. The minimum absolute atomic E-state index is 0.163. The molecule has 2 N–H and O–H groups in total. The van der Waals surface area contributed by atoms with Gasteiger partial charge in [-0.25, -0.2) is 9.97 Å². The Kier molecular flexibility index (Phi) is 4.86. The smallest absolute Gasteiger partial charge is 0.353 e. The summed E-state index contributed by atoms with van der Waals surface area (Å²) in [4.78, 5) is 18.3. The van der Waals surface area contributed by atoms with Crippen LogP contribution in [-0.2, 0) is 0 Å². The highest BCUT2D eigenvalue weighted by molar-refractivity contribution is 5.68. The van der Waals surface area contributed by atoms with Crippen LogP contribution in [0.2, 0.25) is 0 Å². The molecule has 0 bridgehead atoms. The maximum atomic E-state index is 11.1. The van der Waals surface area contributed by atoms with E-state index in [9.17, 15) is 10.1 Å². The number of para-hydroxylation sites is 1. The molecule has 8 nitrogen and oxygen atoms in total. The lowest BCUT2D eigenvalue weighted by Crippen LogP contribution is -2.14. The van der Waals surface area contributed by atoms with Crippen molar-refractivity contribution < 1.29 is 9.66 Å². The predicted molar refractivity (Wildman–Crippen MR) is 78.7 cm³/mol. The van der Waals surface area contributed by atoms with E-state index in [-0.39, 0.29) is 17.3 Å². The van der Waals surface area contributed by atoms with Gasteiger partial charge in [0.25, 0.3) is 0 Å². The van der Waals surface area contributed by atoms with Crippen LogP contribution in [0.1, 0.15) is 0 Å². The molecule has 0 aliphatic rings. The van der Waals surface area contributed by atoms with E-state index in [1.165, 1.54) is 6.33 Å². The molecule has 0 spiro atoms. The highest BCUT2D eigenvalue weighted by atomic mass is 16.6. The third kappa shape index (κ3) is 3.78. The number of nitrogens with zero attached hydrogens (tertiary/aromatic N) is 3. The number of nitrogens with one attached hydrogen (secondary N) is 2. The van der Waals surface area contributed by atoms with Crippen LogP contribution in [0.15, 0.2) is 36.7 Å². The molecule has 0 amide bonds. The van der Waals surface area contributed by atoms with Gasteiger partial charge in [-0.3, -0.25) is 10.1 Å². The van der Waals surface area contributed by atoms with Gasteiger partial charge < -0.3 is 15.4 Å². The monoisotopic (exact) mass is 289 g/mol. The van der Waals surface area contributed by atoms with Gasteiger partial charge in [0, 0.05) is 7.05 Å². The molecule has 0 aliphatic carbocycles. The zero-order chi connectivity index (χ0) is 15.1. The van der Waals surface area contributed by atoms with Crippen LogP contribution in [0, 0.1) is 10.1 Å². The number of ether oxygens (including phenoxy) is 1. The molecule has 0 atom stereocenters. The van der Waals surface area contributed by atoms with Crippen LogP contribution in [0.3, 0.4) is 0 Å². The highest BCUT2D eigenvalue weighted by Gasteiger charge is 2.21. The van der Waals surface area contributed by atoms with Gasteiger partial charge in [-0.1, -0.05) is 18.2 Å². The Bertz CT molecular complexity index is 606. The summed E-state index contributed by atoms with van der Waals surface area (Å²) >= 11 is 0. The van der Waals surface area contributed by atoms with Crippen LogP contribution in [0.4, 0.5) is 17.3 Å². The minimum Gasteiger partial charge on any atom is -0.492 e. The van der Waals surface area contributed by atoms with Crippen molar-refractivity contribution in [3.63, 3.8) is 0 Å². The van der Waals surface area contributed by atoms with Gasteiger partial charge in [-0.15, -0.1) is 0 Å². The number of anilines is 2. The van der Waals surface area contributed by atoms with Crippen molar-refractivity contribution in [2.75, 3.05) is 30.8 Å². The number of aromatic nitrogens is 2. The van der Waals surface area contributed by atoms with Crippen LogP contribution >= 0.6 is 0 Å². The topological polar surface area (TPSA) is 102 Å². The quantitative estimate of drug-likeness (QED) is 0.456. The molecule has 0 radical (unpaired) electrons. The molecular weight excluding hydrogens is 274 g/mol. The Morgan fingerprint density at radius 1 is 1.24 bits per heavy atom. The van der Waals surface area contributed by atoms with Crippen molar-refractivity contribution in [3.05, 3.63) is 46.8 Å². The van der Waals surface area contributed by atoms with E-state index in [0.717, 1.165) is 5.75 Å². The van der Waals surface area contributed by atoms with Crippen molar-refractivity contribution in [1.82, 2.24) is 9.97 Å². The maximum absolute atomic E-state index is 11.1. The van der Waals surface area contributed by atoms with E-state index >= 15 is 0 Å². The van der Waals surface area contributed by atoms with E-state index in [1.807, 2.05) is 30.3 Å². The fourth-order valence-corrected chi connectivity index (χ4v) is 1.72. The van der Waals surface area contributed by atoms with Crippen molar-refractivity contribution in [1.29, 1.82) is 0 Å². The summed E-state index contributed by atoms with van der Waals surface area (Å²) < 4.78 is 5.49. The van der Waals surface area contributed by atoms with Crippen molar-refractivity contribution >= 4 is 17.3 Å². The first-order valence-corrected chi connectivity index (χ1v) is 6.31. The molecule has 8 heteroatoms. The second kappa shape index (κ2) is 7.04. The van der Waals surface area contributed by atoms with E-state index < -0.39 is 4.92 Å². The second-order valence-corrected chi connectivity index (χ2v) is 4.01. The molecular formula is C13H15N5O3. The van der Waals surface area contributed by atoms with E-state index in [2.05, 4.69) is 20.6 Å². The maximum Gasteiger partial charge on any atom is 0.353 e. The fraction of sp³-hybridized carbons (Fsp3) is 0.231. The lowest BCUT2D eigenvalue weighted by molar-refractivity contribution is -0.383. The van der Waals surface area contributed by atoms with Crippen molar-refractivity contribution in [3.8, 4) is 5.75 Å². The average molecular weight is 289 g/mol. The SMILES string of the molecule is CNc1ncnc(NCCOc2ccccc2)c1[N+](=O)[O-]. The van der Waals surface area contributed by atoms with E-state index in [1.54, 1.807) is 7.05 Å². The molecule has 2 rings (SSSR count). The van der Waals surface area contributed by atoms with Crippen LogP contribution in [-0.4, -0.2) is 35.1 Å². The summed E-state index contributed by atoms with van der Waals surface area (Å²) in [6.45, 7) is 0.746. The minimum atomic E-state index is -0.522. The van der Waals surface area contributed by atoms with Gasteiger partial charge in [-0.2, -0.15) is 0 Å². The summed E-state index contributed by atoms with van der Waals surface area (Å²) in [5.41, 5.74) is -0.181. The standard InChI is InChI=1S/C13H15N5O3/c1-14-12-11(18(19)20)13(17-9-16-12)15-7-8-21-10-5-3-2-4-6-10/h2-6,9H,7-8H2,1H3,(H2,14,15,16,17). The van der Waals surface area contributed by atoms with Crippen molar-refractivity contribution in [2.24, 2.45) is 0 Å². The Balaban J connectivity index is 1.95. The molecule has 110 valence electrons. The molecule has 0 unspecified atom stereocenters. The van der Waals surface area contributed by atoms with Gasteiger partial charge in [0.2, 0.25) is 11.6 Å². The average Bonchev–Trinajstić information content (AvgIpc) is 2.52. The number of benzene rings is 1. The summed E-state index contributed by atoms with van der Waals surface area (Å²) in [5, 5.41) is 16.6. The van der Waals surface area contributed by atoms with E-state index in [0.29, 0.717) is 13.2 Å². The lowest BCUT2D eigenvalue weighted by atomic mass is 10.3. The third-order valence-electron chi connectivity index (χ3n) is 2.65. The molecule has 0 fully saturated rings. The summed E-state index contributed by atoms with van der Waals surface area (Å²) in [6.07, 6.45) is 1.26. The molecule has 1 aromatic carbocycles. The lowest BCUT2D eigenvalue weighted by Gasteiger charge is -2.09. The van der Waals surface area contributed by atoms with Crippen LogP contribution in [0.5, 0.6) is 5.75 Å². The molecule has 0 aliphatic heterocycles. The Morgan fingerprint density at radius 2 is 1.95 bits per heavy atom.